The van der Waals surface area contributed by atoms with E-state index in [2.05, 4.69) is 10.0 Å². The third kappa shape index (κ3) is 7.21. The van der Waals surface area contributed by atoms with Crippen LogP contribution in [0.2, 0.25) is 0 Å². The molecule has 0 aliphatic heterocycles. The highest BCUT2D eigenvalue weighted by Crippen LogP contribution is 2.16. The predicted octanol–water partition coefficient (Wildman–Crippen LogP) is 2.27. The van der Waals surface area contributed by atoms with Crippen molar-refractivity contribution >= 4 is 33.6 Å². The predicted molar refractivity (Wildman–Crippen MR) is 110 cm³/mol. The summed E-state index contributed by atoms with van der Waals surface area (Å²) in [4.78, 5) is 35.3. The molecule has 9 nitrogen and oxygen atoms in total. The van der Waals surface area contributed by atoms with E-state index in [9.17, 15) is 22.8 Å². The van der Waals surface area contributed by atoms with Crippen molar-refractivity contribution in [2.45, 2.75) is 31.2 Å². The number of rotatable bonds is 6. The topological polar surface area (TPSA) is 131 Å². The molecule has 3 amide bonds. The molecule has 0 saturated heterocycles. The molecule has 0 aliphatic carbocycles. The van der Waals surface area contributed by atoms with Crippen LogP contribution in [0.5, 0.6) is 0 Å². The van der Waals surface area contributed by atoms with Gasteiger partial charge in [-0.2, -0.15) is 0 Å². The maximum absolute atomic E-state index is 12.4. The number of amides is 3. The first-order valence-electron chi connectivity index (χ1n) is 8.93. The van der Waals surface area contributed by atoms with Crippen LogP contribution in [0.15, 0.2) is 59.5 Å². The zero-order chi connectivity index (χ0) is 22.4. The Morgan fingerprint density at radius 2 is 1.53 bits per heavy atom. The molecule has 30 heavy (non-hydrogen) atoms. The summed E-state index contributed by atoms with van der Waals surface area (Å²) in [5.41, 5.74) is -0.0681. The third-order valence-electron chi connectivity index (χ3n) is 3.50. The Hall–Kier alpha value is -3.40. The lowest BCUT2D eigenvalue weighted by Gasteiger charge is -2.20. The lowest BCUT2D eigenvalue weighted by molar-refractivity contribution is -0.123. The average molecular weight is 433 g/mol. The largest absolute Gasteiger partial charge is 0.452 e. The first kappa shape index (κ1) is 22.9. The number of nitrogens with one attached hydrogen (secondary N) is 3. The van der Waals surface area contributed by atoms with E-state index in [4.69, 9.17) is 4.74 Å². The summed E-state index contributed by atoms with van der Waals surface area (Å²) in [5, 5.41) is 4.57. The Balaban J connectivity index is 1.92. The summed E-state index contributed by atoms with van der Waals surface area (Å²) in [6.45, 7) is 4.58. The minimum absolute atomic E-state index is 0.0421. The number of esters is 1. The maximum atomic E-state index is 12.4. The van der Waals surface area contributed by atoms with Crippen molar-refractivity contribution in [3.05, 3.63) is 60.2 Å². The van der Waals surface area contributed by atoms with E-state index in [0.29, 0.717) is 5.69 Å². The highest BCUT2D eigenvalue weighted by atomic mass is 32.2. The summed E-state index contributed by atoms with van der Waals surface area (Å²) < 4.78 is 32.0. The number of urea groups is 1. The quantitative estimate of drug-likeness (QED) is 0.599. The van der Waals surface area contributed by atoms with Crippen molar-refractivity contribution in [2.24, 2.45) is 0 Å². The van der Waals surface area contributed by atoms with E-state index in [1.54, 1.807) is 51.1 Å². The van der Waals surface area contributed by atoms with Gasteiger partial charge in [-0.25, -0.2) is 18.0 Å². The highest BCUT2D eigenvalue weighted by Gasteiger charge is 2.18. The normalized spacial score (nSPS) is 11.3. The van der Waals surface area contributed by atoms with Gasteiger partial charge in [0, 0.05) is 11.2 Å². The number of para-hydroxylation sites is 1. The van der Waals surface area contributed by atoms with Gasteiger partial charge >= 0.3 is 12.0 Å². The first-order chi connectivity index (χ1) is 14.0. The fourth-order valence-corrected chi connectivity index (χ4v) is 3.30. The second-order valence-electron chi connectivity index (χ2n) is 7.32. The minimum Gasteiger partial charge on any atom is -0.452 e. The SMILES string of the molecule is CC(C)(C)NC(=O)NC(=O)COC(=O)c1ccc(S(=O)(=O)Nc2ccccc2)cc1. The molecule has 2 aromatic carbocycles. The molecule has 0 heterocycles. The molecule has 0 aliphatic rings. The third-order valence-corrected chi connectivity index (χ3v) is 4.90. The molecule has 3 N–H and O–H groups in total. The molecule has 0 atom stereocenters. The molecule has 0 fully saturated rings. The molecule has 160 valence electrons. The summed E-state index contributed by atoms with van der Waals surface area (Å²) in [6.07, 6.45) is 0. The number of hydrogen-bond donors (Lipinski definition) is 3. The van der Waals surface area contributed by atoms with Gasteiger partial charge in [0.2, 0.25) is 0 Å². The molecule has 2 aromatic rings. The molecular weight excluding hydrogens is 410 g/mol. The molecule has 10 heteroatoms. The van der Waals surface area contributed by atoms with Gasteiger partial charge in [-0.05, 0) is 57.2 Å². The van der Waals surface area contributed by atoms with Crippen LogP contribution < -0.4 is 15.4 Å². The van der Waals surface area contributed by atoms with Crippen LogP contribution in [-0.2, 0) is 19.6 Å². The molecule has 0 spiro atoms. The number of anilines is 1. The Morgan fingerprint density at radius 1 is 0.933 bits per heavy atom. The molecule has 0 radical (unpaired) electrons. The fourth-order valence-electron chi connectivity index (χ4n) is 2.24. The summed E-state index contributed by atoms with van der Waals surface area (Å²) in [5.74, 6) is -1.63. The van der Waals surface area contributed by atoms with E-state index in [0.717, 1.165) is 0 Å². The van der Waals surface area contributed by atoms with Crippen molar-refractivity contribution < 1.29 is 27.5 Å². The highest BCUT2D eigenvalue weighted by molar-refractivity contribution is 7.92. The van der Waals surface area contributed by atoms with E-state index in [-0.39, 0.29) is 10.5 Å². The number of ether oxygens (including phenoxy) is 1. The van der Waals surface area contributed by atoms with Gasteiger partial charge in [-0.3, -0.25) is 14.8 Å². The van der Waals surface area contributed by atoms with Gasteiger partial charge in [-0.15, -0.1) is 0 Å². The zero-order valence-corrected chi connectivity index (χ0v) is 17.6. The Labute approximate surface area is 174 Å². The van der Waals surface area contributed by atoms with E-state index >= 15 is 0 Å². The first-order valence-corrected chi connectivity index (χ1v) is 10.4. The second-order valence-corrected chi connectivity index (χ2v) is 9.01. The number of imide groups is 1. The Morgan fingerprint density at radius 3 is 2.10 bits per heavy atom. The van der Waals surface area contributed by atoms with Crippen molar-refractivity contribution in [3.63, 3.8) is 0 Å². The van der Waals surface area contributed by atoms with Crippen LogP contribution >= 0.6 is 0 Å². The Bertz CT molecular complexity index is 1010. The lowest BCUT2D eigenvalue weighted by atomic mass is 10.1. The summed E-state index contributed by atoms with van der Waals surface area (Å²) >= 11 is 0. The number of carbonyl (C=O) groups excluding carboxylic acids is 3. The Kier molecular flexibility index (Phi) is 7.17. The van der Waals surface area contributed by atoms with E-state index < -0.39 is 40.1 Å². The molecule has 0 unspecified atom stereocenters. The molecule has 0 bridgehead atoms. The monoisotopic (exact) mass is 433 g/mol. The van der Waals surface area contributed by atoms with Crippen LogP contribution in [0.4, 0.5) is 10.5 Å². The molecular formula is C20H23N3O6S. The van der Waals surface area contributed by atoms with Gasteiger partial charge in [0.05, 0.1) is 10.5 Å². The van der Waals surface area contributed by atoms with Crippen LogP contribution in [0.25, 0.3) is 0 Å². The van der Waals surface area contributed by atoms with Crippen LogP contribution in [0, 0.1) is 0 Å². The summed E-state index contributed by atoms with van der Waals surface area (Å²) in [6, 6.07) is 12.7. The van der Waals surface area contributed by atoms with Crippen LogP contribution in [-0.4, -0.2) is 38.5 Å². The smallest absolute Gasteiger partial charge is 0.338 e. The fraction of sp³-hybridized carbons (Fsp3) is 0.250. The standard InChI is InChI=1S/C20H23N3O6S/c1-20(2,3)22-19(26)21-17(24)13-29-18(25)14-9-11-16(12-10-14)30(27,28)23-15-7-5-4-6-8-15/h4-12,23H,13H2,1-3H3,(H2,21,22,24,26). The summed E-state index contributed by atoms with van der Waals surface area (Å²) in [7, 11) is -3.82. The second kappa shape index (κ2) is 9.40. The zero-order valence-electron chi connectivity index (χ0n) is 16.8. The van der Waals surface area contributed by atoms with Crippen molar-refractivity contribution in [2.75, 3.05) is 11.3 Å². The van der Waals surface area contributed by atoms with Gasteiger partial charge < -0.3 is 10.1 Å². The van der Waals surface area contributed by atoms with Crippen LogP contribution in [0.1, 0.15) is 31.1 Å². The molecule has 0 aromatic heterocycles. The van der Waals surface area contributed by atoms with E-state index in [1.807, 2.05) is 5.32 Å². The van der Waals surface area contributed by atoms with E-state index in [1.165, 1.54) is 24.3 Å². The number of hydrogen-bond acceptors (Lipinski definition) is 6. The lowest BCUT2D eigenvalue weighted by Crippen LogP contribution is -2.49. The number of benzene rings is 2. The van der Waals surface area contributed by atoms with Gasteiger partial charge in [-0.1, -0.05) is 18.2 Å². The maximum Gasteiger partial charge on any atom is 0.338 e. The average Bonchev–Trinajstić information content (AvgIpc) is 2.65. The van der Waals surface area contributed by atoms with Gasteiger partial charge in [0.25, 0.3) is 15.9 Å². The molecule has 2 rings (SSSR count). The van der Waals surface area contributed by atoms with Crippen LogP contribution in [0.3, 0.4) is 0 Å². The van der Waals surface area contributed by atoms with Gasteiger partial charge in [0.15, 0.2) is 6.61 Å². The van der Waals surface area contributed by atoms with Crippen molar-refractivity contribution in [1.82, 2.24) is 10.6 Å². The van der Waals surface area contributed by atoms with Crippen molar-refractivity contribution in [1.29, 1.82) is 0 Å². The molecule has 0 saturated carbocycles. The number of carbonyl (C=O) groups is 3. The van der Waals surface area contributed by atoms with Gasteiger partial charge in [0.1, 0.15) is 0 Å². The number of sulfonamides is 1. The van der Waals surface area contributed by atoms with Crippen molar-refractivity contribution in [3.8, 4) is 0 Å². The minimum atomic E-state index is -3.82.